The maximum absolute atomic E-state index is 3.67. The number of piperidine rings is 1. The van der Waals surface area contributed by atoms with Crippen molar-refractivity contribution in [2.24, 2.45) is 11.8 Å². The van der Waals surface area contributed by atoms with Crippen molar-refractivity contribution < 1.29 is 0 Å². The number of nitrogens with zero attached hydrogens (tertiary/aromatic N) is 1. The van der Waals surface area contributed by atoms with E-state index in [-0.39, 0.29) is 0 Å². The SMILES string of the molecule is CCC1CCNC(CN(C)CC2CC2)C1. The standard InChI is InChI=1S/C13H26N2/c1-3-11-6-7-14-13(8-11)10-15(2)9-12-4-5-12/h11-14H,3-10H2,1-2H3. The third-order valence-corrected chi connectivity index (χ3v) is 3.98. The highest BCUT2D eigenvalue weighted by atomic mass is 15.1. The summed E-state index contributed by atoms with van der Waals surface area (Å²) >= 11 is 0. The molecule has 2 nitrogen and oxygen atoms in total. The van der Waals surface area contributed by atoms with Crippen LogP contribution in [0, 0.1) is 11.8 Å². The summed E-state index contributed by atoms with van der Waals surface area (Å²) in [4.78, 5) is 2.54. The summed E-state index contributed by atoms with van der Waals surface area (Å²) in [5.74, 6) is 2.01. The fraction of sp³-hybridized carbons (Fsp3) is 1.00. The van der Waals surface area contributed by atoms with Crippen LogP contribution in [0.4, 0.5) is 0 Å². The van der Waals surface area contributed by atoms with Crippen molar-refractivity contribution in [3.8, 4) is 0 Å². The molecule has 0 spiro atoms. The number of hydrogen-bond donors (Lipinski definition) is 1. The van der Waals surface area contributed by atoms with Gasteiger partial charge in [0, 0.05) is 19.1 Å². The lowest BCUT2D eigenvalue weighted by Gasteiger charge is -2.32. The quantitative estimate of drug-likeness (QED) is 0.747. The van der Waals surface area contributed by atoms with Gasteiger partial charge in [-0.3, -0.25) is 0 Å². The van der Waals surface area contributed by atoms with Gasteiger partial charge < -0.3 is 10.2 Å². The van der Waals surface area contributed by atoms with Gasteiger partial charge in [-0.1, -0.05) is 13.3 Å². The van der Waals surface area contributed by atoms with Crippen LogP contribution in [0.3, 0.4) is 0 Å². The molecule has 2 atom stereocenters. The molecule has 2 unspecified atom stereocenters. The molecule has 2 heteroatoms. The topological polar surface area (TPSA) is 15.3 Å². The summed E-state index contributed by atoms with van der Waals surface area (Å²) in [6.45, 7) is 6.16. The molecule has 1 heterocycles. The summed E-state index contributed by atoms with van der Waals surface area (Å²) in [5, 5.41) is 3.67. The van der Waals surface area contributed by atoms with E-state index in [1.807, 2.05) is 0 Å². The lowest BCUT2D eigenvalue weighted by Crippen LogP contribution is -2.45. The first-order chi connectivity index (χ1) is 7.28. The monoisotopic (exact) mass is 210 g/mol. The fourth-order valence-electron chi connectivity index (χ4n) is 2.80. The van der Waals surface area contributed by atoms with Crippen LogP contribution >= 0.6 is 0 Å². The lowest BCUT2D eigenvalue weighted by molar-refractivity contribution is 0.220. The smallest absolute Gasteiger partial charge is 0.0197 e. The molecule has 0 bridgehead atoms. The largest absolute Gasteiger partial charge is 0.313 e. The summed E-state index contributed by atoms with van der Waals surface area (Å²) in [5.41, 5.74) is 0. The van der Waals surface area contributed by atoms with Crippen molar-refractivity contribution in [2.75, 3.05) is 26.7 Å². The van der Waals surface area contributed by atoms with Crippen LogP contribution in [-0.2, 0) is 0 Å². The van der Waals surface area contributed by atoms with E-state index in [9.17, 15) is 0 Å². The number of likely N-dealkylation sites (N-methyl/N-ethyl adjacent to an activating group) is 1. The van der Waals surface area contributed by atoms with Crippen LogP contribution in [-0.4, -0.2) is 37.6 Å². The first kappa shape index (κ1) is 11.4. The van der Waals surface area contributed by atoms with Crippen LogP contribution in [0.25, 0.3) is 0 Å². The molecule has 1 aliphatic heterocycles. The van der Waals surface area contributed by atoms with E-state index in [0.29, 0.717) is 0 Å². The molecule has 1 aliphatic carbocycles. The van der Waals surface area contributed by atoms with E-state index in [4.69, 9.17) is 0 Å². The summed E-state index contributed by atoms with van der Waals surface area (Å²) in [6.07, 6.45) is 7.09. The Hall–Kier alpha value is -0.0800. The molecule has 15 heavy (non-hydrogen) atoms. The van der Waals surface area contributed by atoms with Crippen molar-refractivity contribution in [2.45, 2.75) is 45.1 Å². The summed E-state index contributed by atoms with van der Waals surface area (Å²) < 4.78 is 0. The van der Waals surface area contributed by atoms with Gasteiger partial charge in [-0.15, -0.1) is 0 Å². The van der Waals surface area contributed by atoms with Gasteiger partial charge in [0.15, 0.2) is 0 Å². The van der Waals surface area contributed by atoms with Gasteiger partial charge in [-0.25, -0.2) is 0 Å². The van der Waals surface area contributed by atoms with Gasteiger partial charge in [0.1, 0.15) is 0 Å². The molecule has 88 valence electrons. The van der Waals surface area contributed by atoms with Gasteiger partial charge >= 0.3 is 0 Å². The summed E-state index contributed by atoms with van der Waals surface area (Å²) in [7, 11) is 2.29. The van der Waals surface area contributed by atoms with Gasteiger partial charge in [0.2, 0.25) is 0 Å². The molecule has 1 saturated carbocycles. The predicted octanol–water partition coefficient (Wildman–Crippen LogP) is 2.11. The summed E-state index contributed by atoms with van der Waals surface area (Å²) in [6, 6.07) is 0.757. The maximum Gasteiger partial charge on any atom is 0.0197 e. The second-order valence-corrected chi connectivity index (χ2v) is 5.61. The van der Waals surface area contributed by atoms with E-state index in [2.05, 4.69) is 24.2 Å². The van der Waals surface area contributed by atoms with Crippen LogP contribution in [0.15, 0.2) is 0 Å². The van der Waals surface area contributed by atoms with Gasteiger partial charge in [-0.2, -0.15) is 0 Å². The molecule has 0 amide bonds. The Bertz CT molecular complexity index is 189. The minimum Gasteiger partial charge on any atom is -0.313 e. The Morgan fingerprint density at radius 1 is 1.13 bits per heavy atom. The van der Waals surface area contributed by atoms with Crippen LogP contribution in [0.1, 0.15) is 39.0 Å². The van der Waals surface area contributed by atoms with Crippen molar-refractivity contribution in [3.63, 3.8) is 0 Å². The van der Waals surface area contributed by atoms with Crippen molar-refractivity contribution in [3.05, 3.63) is 0 Å². The van der Waals surface area contributed by atoms with Gasteiger partial charge in [0.05, 0.1) is 0 Å². The van der Waals surface area contributed by atoms with E-state index in [1.54, 1.807) is 0 Å². The molecular weight excluding hydrogens is 184 g/mol. The first-order valence-corrected chi connectivity index (χ1v) is 6.69. The average Bonchev–Trinajstić information content (AvgIpc) is 3.02. The molecule has 1 saturated heterocycles. The van der Waals surface area contributed by atoms with Gasteiger partial charge in [0.25, 0.3) is 0 Å². The Morgan fingerprint density at radius 2 is 1.93 bits per heavy atom. The highest BCUT2D eigenvalue weighted by Gasteiger charge is 2.25. The second-order valence-electron chi connectivity index (χ2n) is 5.61. The molecule has 1 N–H and O–H groups in total. The van der Waals surface area contributed by atoms with Crippen molar-refractivity contribution >= 4 is 0 Å². The molecule has 2 aliphatic rings. The Kier molecular flexibility index (Phi) is 4.04. The Morgan fingerprint density at radius 3 is 2.60 bits per heavy atom. The van der Waals surface area contributed by atoms with E-state index in [1.165, 1.54) is 51.7 Å². The number of rotatable bonds is 5. The third-order valence-electron chi connectivity index (χ3n) is 3.98. The van der Waals surface area contributed by atoms with E-state index >= 15 is 0 Å². The van der Waals surface area contributed by atoms with E-state index in [0.717, 1.165) is 17.9 Å². The Labute approximate surface area is 94.4 Å². The molecular formula is C13H26N2. The van der Waals surface area contributed by atoms with Crippen LogP contribution < -0.4 is 5.32 Å². The van der Waals surface area contributed by atoms with Crippen LogP contribution in [0.5, 0.6) is 0 Å². The first-order valence-electron chi connectivity index (χ1n) is 6.69. The minimum absolute atomic E-state index is 0.757. The zero-order valence-corrected chi connectivity index (χ0v) is 10.3. The predicted molar refractivity (Wildman–Crippen MR) is 65.0 cm³/mol. The van der Waals surface area contributed by atoms with Gasteiger partial charge in [-0.05, 0) is 51.1 Å². The molecule has 0 aromatic carbocycles. The highest BCUT2D eigenvalue weighted by molar-refractivity contribution is 4.82. The maximum atomic E-state index is 3.67. The second kappa shape index (κ2) is 5.31. The highest BCUT2D eigenvalue weighted by Crippen LogP contribution is 2.29. The molecule has 0 aromatic rings. The minimum atomic E-state index is 0.757. The number of nitrogens with one attached hydrogen (secondary N) is 1. The van der Waals surface area contributed by atoms with Crippen LogP contribution in [0.2, 0.25) is 0 Å². The number of hydrogen-bond acceptors (Lipinski definition) is 2. The molecule has 2 fully saturated rings. The average molecular weight is 210 g/mol. The zero-order valence-electron chi connectivity index (χ0n) is 10.3. The van der Waals surface area contributed by atoms with E-state index < -0.39 is 0 Å². The van der Waals surface area contributed by atoms with Crippen molar-refractivity contribution in [1.82, 2.24) is 10.2 Å². The zero-order chi connectivity index (χ0) is 10.7. The molecule has 2 rings (SSSR count). The normalized spacial score (nSPS) is 32.2. The lowest BCUT2D eigenvalue weighted by atomic mass is 9.90. The fourth-order valence-corrected chi connectivity index (χ4v) is 2.80. The third kappa shape index (κ3) is 3.76. The Balaban J connectivity index is 1.67. The van der Waals surface area contributed by atoms with Crippen molar-refractivity contribution in [1.29, 1.82) is 0 Å². The molecule has 0 radical (unpaired) electrons. The molecule has 0 aromatic heterocycles.